The number of aliphatic hydroxyl groups is 2. The van der Waals surface area contributed by atoms with Crippen molar-refractivity contribution in [2.24, 2.45) is 29.6 Å². The number of Topliss-reactive ketones (excluding diaryl/α,β-unsaturated/α-hetero) is 2. The lowest BCUT2D eigenvalue weighted by atomic mass is 9.73. The molecule has 10 heteroatoms. The number of hydrogen-bond donors (Lipinski definition) is 7. The maximum Gasteiger partial charge on any atom is 0.160 e. The van der Waals surface area contributed by atoms with Crippen LogP contribution in [0.3, 0.4) is 0 Å². The number of anilines is 1. The van der Waals surface area contributed by atoms with Gasteiger partial charge in [0.15, 0.2) is 11.5 Å². The van der Waals surface area contributed by atoms with Crippen molar-refractivity contribution in [3.63, 3.8) is 0 Å². The highest BCUT2D eigenvalue weighted by Gasteiger charge is 2.41. The van der Waals surface area contributed by atoms with Crippen LogP contribution in [0.1, 0.15) is 111 Å². The molecule has 9 rings (SSSR count). The third-order valence-electron chi connectivity index (χ3n) is 15.5. The monoisotopic (exact) mass is 943 g/mol. The molecule has 7 N–H and O–H groups in total. The normalized spacial score (nSPS) is 27.0. The minimum Gasteiger partial charge on any atom is -0.504 e. The number of aliphatic hydroxyl groups excluding tert-OH is 2. The molecule has 0 radical (unpaired) electrons. The van der Waals surface area contributed by atoms with Crippen molar-refractivity contribution in [2.75, 3.05) is 32.1 Å². The van der Waals surface area contributed by atoms with E-state index in [1.807, 2.05) is 30.5 Å². The van der Waals surface area contributed by atoms with Gasteiger partial charge in [0.2, 0.25) is 0 Å². The Bertz CT molecular complexity index is 2780. The number of carbonyl (C=O) groups is 2. The van der Waals surface area contributed by atoms with Crippen LogP contribution in [0.5, 0.6) is 11.5 Å². The average Bonchev–Trinajstić information content (AvgIpc) is 3.74. The lowest BCUT2D eigenvalue weighted by molar-refractivity contribution is -0.130. The molecule has 1 fully saturated rings. The first kappa shape index (κ1) is 48.9. The molecule has 2 aliphatic heterocycles. The number of aryl methyl sites for hydroxylation is 1. The number of aromatic hydroxyl groups is 1. The number of ketones is 2. The zero-order chi connectivity index (χ0) is 48.7. The molecular weight excluding hydrogens is 873 g/mol. The van der Waals surface area contributed by atoms with Gasteiger partial charge in [-0.15, -0.1) is 0 Å². The van der Waals surface area contributed by atoms with Crippen molar-refractivity contribution >= 4 is 28.0 Å². The smallest absolute Gasteiger partial charge is 0.160 e. The number of dihydropyridines is 1. The van der Waals surface area contributed by atoms with Crippen LogP contribution < -0.4 is 20.7 Å². The summed E-state index contributed by atoms with van der Waals surface area (Å²) in [6, 6.07) is 28.6. The van der Waals surface area contributed by atoms with Crippen LogP contribution in [0.15, 0.2) is 115 Å². The summed E-state index contributed by atoms with van der Waals surface area (Å²) in [6.45, 7) is 6.18. The van der Waals surface area contributed by atoms with E-state index in [0.29, 0.717) is 57.5 Å². The van der Waals surface area contributed by atoms with Crippen molar-refractivity contribution in [1.82, 2.24) is 15.6 Å². The molecule has 10 nitrogen and oxygen atoms in total. The summed E-state index contributed by atoms with van der Waals surface area (Å²) < 4.78 is 5.54. The number of aromatic nitrogens is 1. The minimum atomic E-state index is -0.659. The number of carbonyl (C=O) groups excluding carboxylic acids is 2. The molecule has 2 aliphatic carbocycles. The minimum absolute atomic E-state index is 0.00334. The number of allylic oxidation sites excluding steroid dienone is 2. The number of β-amino-alcohol motifs (C(OH)–C–C–N with tert-alkyl or cyclic N) is 1. The lowest BCUT2D eigenvalue weighted by Crippen LogP contribution is -2.33. The first-order chi connectivity index (χ1) is 34.0. The van der Waals surface area contributed by atoms with Gasteiger partial charge < -0.3 is 41.0 Å². The molecule has 0 spiro atoms. The highest BCUT2D eigenvalue weighted by molar-refractivity contribution is 6.00. The predicted molar refractivity (Wildman–Crippen MR) is 278 cm³/mol. The molecule has 1 aromatic heterocycles. The fourth-order valence-electron chi connectivity index (χ4n) is 11.8. The van der Waals surface area contributed by atoms with Gasteiger partial charge in [0.05, 0.1) is 31.7 Å². The van der Waals surface area contributed by atoms with E-state index in [1.165, 1.54) is 12.7 Å². The molecule has 9 atom stereocenters. The van der Waals surface area contributed by atoms with Crippen molar-refractivity contribution in [3.8, 4) is 23.3 Å². The Kier molecular flexibility index (Phi) is 15.6. The van der Waals surface area contributed by atoms with E-state index in [4.69, 9.17) is 4.74 Å². The quantitative estimate of drug-likeness (QED) is 0.0689. The van der Waals surface area contributed by atoms with Crippen LogP contribution in [0.4, 0.5) is 5.69 Å². The highest BCUT2D eigenvalue weighted by Crippen LogP contribution is 2.45. The summed E-state index contributed by atoms with van der Waals surface area (Å²) in [5.74, 6) is 7.52. The number of fused-ring (bicyclic) bond motifs is 9. The Morgan fingerprint density at radius 3 is 2.51 bits per heavy atom. The van der Waals surface area contributed by atoms with E-state index < -0.39 is 24.0 Å². The highest BCUT2D eigenvalue weighted by atomic mass is 16.5. The molecular formula is C60H70N4O6. The molecule has 1 saturated carbocycles. The van der Waals surface area contributed by atoms with E-state index in [0.717, 1.165) is 81.5 Å². The summed E-state index contributed by atoms with van der Waals surface area (Å²) in [6.07, 6.45) is 11.2. The van der Waals surface area contributed by atoms with E-state index in [-0.39, 0.29) is 59.7 Å². The van der Waals surface area contributed by atoms with Gasteiger partial charge >= 0.3 is 0 Å². The molecule has 0 saturated heterocycles. The van der Waals surface area contributed by atoms with E-state index >= 15 is 0 Å². The topological polar surface area (TPSA) is 156 Å². The van der Waals surface area contributed by atoms with Crippen molar-refractivity contribution in [2.45, 2.75) is 109 Å². The second kappa shape index (κ2) is 22.3. The largest absolute Gasteiger partial charge is 0.504 e. The number of ether oxygens (including phenoxy) is 1. The molecule has 3 heterocycles. The van der Waals surface area contributed by atoms with Crippen LogP contribution in [0.25, 0.3) is 10.8 Å². The van der Waals surface area contributed by atoms with Gasteiger partial charge in [0.1, 0.15) is 17.4 Å². The Hall–Kier alpha value is -6.12. The molecule has 70 heavy (non-hydrogen) atoms. The molecule has 4 aromatic carbocycles. The Balaban J connectivity index is 1.12. The number of benzene rings is 4. The van der Waals surface area contributed by atoms with Crippen molar-refractivity contribution in [1.29, 1.82) is 0 Å². The third kappa shape index (κ3) is 11.7. The van der Waals surface area contributed by atoms with Crippen LogP contribution in [0, 0.1) is 41.4 Å². The Morgan fingerprint density at radius 1 is 0.843 bits per heavy atom. The average molecular weight is 943 g/mol. The Labute approximate surface area is 413 Å². The van der Waals surface area contributed by atoms with Gasteiger partial charge in [0.25, 0.3) is 0 Å². The van der Waals surface area contributed by atoms with E-state index in [1.54, 1.807) is 6.07 Å². The molecule has 9 bridgehead atoms. The maximum absolute atomic E-state index is 14.9. The summed E-state index contributed by atoms with van der Waals surface area (Å²) in [4.78, 5) is 32.3. The van der Waals surface area contributed by atoms with Gasteiger partial charge in [-0.3, -0.25) is 9.59 Å². The number of H-pyrrole nitrogens is 1. The number of nitrogens with one attached hydrogen (secondary N) is 4. The summed E-state index contributed by atoms with van der Waals surface area (Å²) in [5, 5.41) is 47.6. The molecule has 0 amide bonds. The summed E-state index contributed by atoms with van der Waals surface area (Å²) >= 11 is 0. The van der Waals surface area contributed by atoms with Gasteiger partial charge in [-0.05, 0) is 149 Å². The van der Waals surface area contributed by atoms with Crippen LogP contribution in [0.2, 0.25) is 0 Å². The van der Waals surface area contributed by atoms with Gasteiger partial charge in [0, 0.05) is 61.9 Å². The summed E-state index contributed by atoms with van der Waals surface area (Å²) in [7, 11) is 1.52. The molecule has 366 valence electrons. The molecule has 4 aliphatic rings. The molecule has 9 unspecified atom stereocenters. The standard InChI is InChI=1S/C60H70N4O6/c1-4-8-53-46-24-40(23-43-15-18-52(42-9-6-5-7-10-42)54-33-58(69)59(70-3)30-44(54)14-17-50(65)32-57(68)55(43)29-46)21-39-19-20-62-60(26-39)64-48-16-13-41-12-11-38(22-45(41)27-48)25-51(66)36-61-34-37(2)47-28-49(63-35-47)31-56(53)67/h5-7,9-13,16,19,22,26-28,30,33,35,37,40,43,46,51-53,55-56,61-64,66-67,69H,4,8,14,17,20-21,23-25,29,31-32,34,36H2,1-3H3. The number of aromatic amines is 1. The van der Waals surface area contributed by atoms with Gasteiger partial charge in [-0.1, -0.05) is 92.8 Å². The zero-order valence-electron chi connectivity index (χ0n) is 41.0. The van der Waals surface area contributed by atoms with E-state index in [9.17, 15) is 24.9 Å². The first-order valence-corrected chi connectivity index (χ1v) is 25.7. The van der Waals surface area contributed by atoms with Crippen molar-refractivity contribution < 1.29 is 29.6 Å². The van der Waals surface area contributed by atoms with E-state index in [2.05, 4.69) is 113 Å². The predicted octanol–water partition coefficient (Wildman–Crippen LogP) is 9.64. The van der Waals surface area contributed by atoms with Gasteiger partial charge in [-0.25, -0.2) is 0 Å². The number of phenols is 1. The second-order valence-electron chi connectivity index (χ2n) is 20.6. The summed E-state index contributed by atoms with van der Waals surface area (Å²) in [5.41, 5.74) is 8.03. The van der Waals surface area contributed by atoms with Crippen molar-refractivity contribution in [3.05, 3.63) is 148 Å². The lowest BCUT2D eigenvalue weighted by Gasteiger charge is -2.33. The third-order valence-corrected chi connectivity index (χ3v) is 15.5. The molecule has 5 aromatic rings. The zero-order valence-corrected chi connectivity index (χ0v) is 41.0. The fourth-order valence-corrected chi connectivity index (χ4v) is 11.8. The van der Waals surface area contributed by atoms with Crippen LogP contribution in [-0.4, -0.2) is 70.8 Å². The number of phenolic OH excluding ortho intramolecular Hbond substituents is 1. The second-order valence-corrected chi connectivity index (χ2v) is 20.6. The number of rotatable bonds is 4. The Morgan fingerprint density at radius 2 is 1.69 bits per heavy atom. The SMILES string of the molecule is CCCC1C(O)Cc2cc(c[nH]2)C(C)CNCC(O)Cc2ccc3ccc(cc3c2)NC2=CC(=CCN2)CC2CC3C#CC(c4ccccc4)c4cc(O)c(OC)cc4CCC(=O)CC(=O)C3CC1C2. The van der Waals surface area contributed by atoms with Gasteiger partial charge in [-0.2, -0.15) is 0 Å². The van der Waals surface area contributed by atoms with Crippen LogP contribution in [-0.2, 0) is 28.9 Å². The number of methoxy groups -OCH3 is 1. The van der Waals surface area contributed by atoms with Crippen LogP contribution >= 0.6 is 0 Å². The maximum atomic E-state index is 14.9. The first-order valence-electron chi connectivity index (χ1n) is 25.7. The fraction of sp³-hybridized carbons (Fsp3) is 0.433. The number of hydrogen-bond acceptors (Lipinski definition) is 9.